The van der Waals surface area contributed by atoms with Gasteiger partial charge in [0.25, 0.3) is 0 Å². The Morgan fingerprint density at radius 3 is 2.41 bits per heavy atom. The molecule has 1 aliphatic rings. The monoisotopic (exact) mass is 266 g/mol. The third kappa shape index (κ3) is 2.78. The molecule has 1 atom stereocenters. The highest BCUT2D eigenvalue weighted by molar-refractivity contribution is 7.91. The molecule has 2 rings (SSSR count). The zero-order valence-electron chi connectivity index (χ0n) is 8.57. The van der Waals surface area contributed by atoms with Crippen LogP contribution in [0.5, 0.6) is 0 Å². The summed E-state index contributed by atoms with van der Waals surface area (Å²) in [5.74, 6) is -0.403. The number of rotatable bonds is 3. The average Bonchev–Trinajstić information content (AvgIpc) is 3.00. The summed E-state index contributed by atoms with van der Waals surface area (Å²) in [6.07, 6.45) is -5.14. The van der Waals surface area contributed by atoms with Gasteiger partial charge in [-0.05, 0) is 12.1 Å². The molecule has 7 heteroatoms. The SMILES string of the molecule is O=S(=O)(CC1CO1)c1ccccc1C(F)(F)F. The zero-order valence-corrected chi connectivity index (χ0v) is 9.38. The Bertz CT molecular complexity index is 518. The first-order valence-electron chi connectivity index (χ1n) is 4.81. The van der Waals surface area contributed by atoms with Crippen LogP contribution in [0.2, 0.25) is 0 Å². The van der Waals surface area contributed by atoms with Gasteiger partial charge in [-0.1, -0.05) is 12.1 Å². The van der Waals surface area contributed by atoms with E-state index in [1.807, 2.05) is 0 Å². The number of sulfone groups is 1. The molecule has 1 heterocycles. The molecule has 1 aromatic carbocycles. The number of alkyl halides is 3. The average molecular weight is 266 g/mol. The Kier molecular flexibility index (Phi) is 2.90. The summed E-state index contributed by atoms with van der Waals surface area (Å²) in [5, 5.41) is 0. The van der Waals surface area contributed by atoms with Crippen LogP contribution in [0.3, 0.4) is 0 Å². The van der Waals surface area contributed by atoms with Crippen molar-refractivity contribution < 1.29 is 26.3 Å². The highest BCUT2D eigenvalue weighted by Crippen LogP contribution is 2.34. The first-order chi connectivity index (χ1) is 7.81. The minimum Gasteiger partial charge on any atom is -0.372 e. The fraction of sp³-hybridized carbons (Fsp3) is 0.400. The smallest absolute Gasteiger partial charge is 0.372 e. The fourth-order valence-corrected chi connectivity index (χ4v) is 3.14. The topological polar surface area (TPSA) is 46.7 Å². The maximum atomic E-state index is 12.6. The molecular formula is C10H9F3O3S. The number of epoxide rings is 1. The van der Waals surface area contributed by atoms with Crippen molar-refractivity contribution in [3.8, 4) is 0 Å². The molecule has 1 aromatic rings. The maximum Gasteiger partial charge on any atom is 0.417 e. The van der Waals surface area contributed by atoms with Crippen molar-refractivity contribution in [3.63, 3.8) is 0 Å². The highest BCUT2D eigenvalue weighted by atomic mass is 32.2. The number of benzene rings is 1. The summed E-state index contributed by atoms with van der Waals surface area (Å²) in [5.41, 5.74) is -1.12. The number of ether oxygens (including phenoxy) is 1. The van der Waals surface area contributed by atoms with Crippen LogP contribution in [0.15, 0.2) is 29.2 Å². The van der Waals surface area contributed by atoms with E-state index in [4.69, 9.17) is 4.74 Å². The summed E-state index contributed by atoms with van der Waals surface area (Å²) >= 11 is 0. The van der Waals surface area contributed by atoms with Crippen LogP contribution >= 0.6 is 0 Å². The molecule has 0 amide bonds. The van der Waals surface area contributed by atoms with Crippen molar-refractivity contribution in [2.75, 3.05) is 12.4 Å². The zero-order chi connectivity index (χ0) is 12.7. The Labute approximate surface area is 96.1 Å². The molecule has 0 bridgehead atoms. The van der Waals surface area contributed by atoms with Crippen LogP contribution < -0.4 is 0 Å². The van der Waals surface area contributed by atoms with Crippen molar-refractivity contribution >= 4 is 9.84 Å². The summed E-state index contributed by atoms with van der Waals surface area (Å²) < 4.78 is 66.2. The number of halogens is 3. The van der Waals surface area contributed by atoms with Crippen molar-refractivity contribution in [1.29, 1.82) is 0 Å². The lowest BCUT2D eigenvalue weighted by molar-refractivity contribution is -0.139. The van der Waals surface area contributed by atoms with E-state index < -0.39 is 38.3 Å². The molecule has 1 unspecified atom stereocenters. The molecule has 94 valence electrons. The van der Waals surface area contributed by atoms with E-state index in [-0.39, 0.29) is 6.61 Å². The van der Waals surface area contributed by atoms with E-state index in [9.17, 15) is 21.6 Å². The van der Waals surface area contributed by atoms with Crippen LogP contribution in [0, 0.1) is 0 Å². The molecular weight excluding hydrogens is 257 g/mol. The van der Waals surface area contributed by atoms with Crippen molar-refractivity contribution in [2.45, 2.75) is 17.2 Å². The van der Waals surface area contributed by atoms with E-state index in [1.54, 1.807) is 0 Å². The first-order valence-corrected chi connectivity index (χ1v) is 6.46. The van der Waals surface area contributed by atoms with Gasteiger partial charge in [0.05, 0.1) is 28.9 Å². The van der Waals surface area contributed by atoms with Gasteiger partial charge in [-0.2, -0.15) is 13.2 Å². The lowest BCUT2D eigenvalue weighted by Crippen LogP contribution is -2.17. The lowest BCUT2D eigenvalue weighted by atomic mass is 10.2. The largest absolute Gasteiger partial charge is 0.417 e. The quantitative estimate of drug-likeness (QED) is 0.785. The summed E-state index contributed by atoms with van der Waals surface area (Å²) in [4.78, 5) is -0.678. The predicted octanol–water partition coefficient (Wildman–Crippen LogP) is 1.88. The normalized spacial score (nSPS) is 20.3. The Morgan fingerprint density at radius 1 is 1.29 bits per heavy atom. The van der Waals surface area contributed by atoms with Gasteiger partial charge in [0.1, 0.15) is 0 Å². The van der Waals surface area contributed by atoms with Gasteiger partial charge in [-0.15, -0.1) is 0 Å². The fourth-order valence-electron chi connectivity index (χ4n) is 1.47. The molecule has 0 saturated carbocycles. The molecule has 0 aromatic heterocycles. The van der Waals surface area contributed by atoms with E-state index >= 15 is 0 Å². The van der Waals surface area contributed by atoms with Crippen molar-refractivity contribution in [2.24, 2.45) is 0 Å². The van der Waals surface area contributed by atoms with Gasteiger partial charge < -0.3 is 4.74 Å². The van der Waals surface area contributed by atoms with Gasteiger partial charge in [-0.25, -0.2) is 8.42 Å². The van der Waals surface area contributed by atoms with Crippen LogP contribution in [-0.2, 0) is 20.8 Å². The van der Waals surface area contributed by atoms with E-state index in [0.29, 0.717) is 0 Å². The molecule has 1 aliphatic heterocycles. The predicted molar refractivity (Wildman–Crippen MR) is 53.2 cm³/mol. The summed E-state index contributed by atoms with van der Waals surface area (Å²) in [6.45, 7) is 0.285. The molecule has 0 aliphatic carbocycles. The second-order valence-electron chi connectivity index (χ2n) is 3.73. The van der Waals surface area contributed by atoms with Gasteiger partial charge in [0, 0.05) is 0 Å². The minimum absolute atomic E-state index is 0.285. The number of hydrogen-bond acceptors (Lipinski definition) is 3. The second-order valence-corrected chi connectivity index (χ2v) is 5.73. The third-order valence-electron chi connectivity index (χ3n) is 2.34. The third-order valence-corrected chi connectivity index (χ3v) is 4.17. The molecule has 3 nitrogen and oxygen atoms in total. The van der Waals surface area contributed by atoms with E-state index in [1.165, 1.54) is 6.07 Å². The second kappa shape index (κ2) is 3.99. The molecule has 0 N–H and O–H groups in total. The summed E-state index contributed by atoms with van der Waals surface area (Å²) in [6, 6.07) is 4.17. The van der Waals surface area contributed by atoms with Gasteiger partial charge in [0.2, 0.25) is 0 Å². The molecule has 0 radical (unpaired) electrons. The van der Waals surface area contributed by atoms with Crippen LogP contribution in [0.25, 0.3) is 0 Å². The standard InChI is InChI=1S/C10H9F3O3S/c11-10(12,13)8-3-1-2-4-9(8)17(14,15)6-7-5-16-7/h1-4,7H,5-6H2. The molecule has 0 spiro atoms. The van der Waals surface area contributed by atoms with E-state index in [0.717, 1.165) is 18.2 Å². The van der Waals surface area contributed by atoms with Crippen molar-refractivity contribution in [3.05, 3.63) is 29.8 Å². The lowest BCUT2D eigenvalue weighted by Gasteiger charge is -2.12. The summed E-state index contributed by atoms with van der Waals surface area (Å²) in [7, 11) is -3.96. The van der Waals surface area contributed by atoms with Crippen molar-refractivity contribution in [1.82, 2.24) is 0 Å². The Balaban J connectivity index is 2.44. The molecule has 1 saturated heterocycles. The van der Waals surface area contributed by atoms with Crippen LogP contribution in [0.4, 0.5) is 13.2 Å². The van der Waals surface area contributed by atoms with Gasteiger partial charge >= 0.3 is 6.18 Å². The van der Waals surface area contributed by atoms with Crippen LogP contribution in [0.1, 0.15) is 5.56 Å². The van der Waals surface area contributed by atoms with E-state index in [2.05, 4.69) is 0 Å². The Hall–Kier alpha value is -1.08. The highest BCUT2D eigenvalue weighted by Gasteiger charge is 2.39. The number of hydrogen-bond donors (Lipinski definition) is 0. The minimum atomic E-state index is -4.67. The molecule has 1 fully saturated rings. The Morgan fingerprint density at radius 2 is 1.88 bits per heavy atom. The van der Waals surface area contributed by atoms with Gasteiger partial charge in [-0.3, -0.25) is 0 Å². The van der Waals surface area contributed by atoms with Gasteiger partial charge in [0.15, 0.2) is 9.84 Å². The molecule has 17 heavy (non-hydrogen) atoms. The van der Waals surface area contributed by atoms with Crippen LogP contribution in [-0.4, -0.2) is 26.9 Å². The maximum absolute atomic E-state index is 12.6. The first kappa shape index (κ1) is 12.4.